The molecule has 3 fully saturated rings. The van der Waals surface area contributed by atoms with Crippen LogP contribution in [0.1, 0.15) is 81.1 Å². The summed E-state index contributed by atoms with van der Waals surface area (Å²) in [6.45, 7) is 0. The molecule has 188 valence electrons. The predicted octanol–water partition coefficient (Wildman–Crippen LogP) is 4.45. The van der Waals surface area contributed by atoms with Crippen LogP contribution in [0.3, 0.4) is 0 Å². The average molecular weight is 493 g/mol. The van der Waals surface area contributed by atoms with Crippen LogP contribution in [0.5, 0.6) is 0 Å². The first-order chi connectivity index (χ1) is 16.5. The molecule has 2 heterocycles. The number of carbonyl (C=O) groups excluding carboxylic acids is 1. The number of hydrogen-bond acceptors (Lipinski definition) is 5. The zero-order chi connectivity index (χ0) is 25.0. The van der Waals surface area contributed by atoms with E-state index >= 15 is 0 Å². The Labute approximate surface area is 200 Å². The second-order valence-corrected chi connectivity index (χ2v) is 10.5. The molecule has 5 rings (SSSR count). The van der Waals surface area contributed by atoms with Gasteiger partial charge in [-0.25, -0.2) is 18.3 Å². The summed E-state index contributed by atoms with van der Waals surface area (Å²) in [5.74, 6) is -7.81. The fourth-order valence-electron chi connectivity index (χ4n) is 5.05. The van der Waals surface area contributed by atoms with Crippen LogP contribution < -0.4 is 11.1 Å². The van der Waals surface area contributed by atoms with Crippen molar-refractivity contribution >= 4 is 11.6 Å². The minimum atomic E-state index is -3.51. The summed E-state index contributed by atoms with van der Waals surface area (Å²) in [6.07, 6.45) is 5.12. The van der Waals surface area contributed by atoms with Gasteiger partial charge in [0.1, 0.15) is 0 Å². The molecule has 2 aromatic heterocycles. The monoisotopic (exact) mass is 492 g/mol. The van der Waals surface area contributed by atoms with E-state index in [0.717, 1.165) is 0 Å². The molecule has 0 bridgehead atoms. The molecule has 0 unspecified atom stereocenters. The molecule has 35 heavy (non-hydrogen) atoms. The van der Waals surface area contributed by atoms with E-state index in [9.17, 15) is 27.6 Å². The van der Waals surface area contributed by atoms with Crippen LogP contribution in [0.2, 0.25) is 0 Å². The van der Waals surface area contributed by atoms with Gasteiger partial charge in [0.05, 0.1) is 41.7 Å². The lowest BCUT2D eigenvalue weighted by atomic mass is 9.81. The number of amides is 1. The number of hydrogen-bond donors (Lipinski definition) is 2. The summed E-state index contributed by atoms with van der Waals surface area (Å²) in [4.78, 5) is 17.0. The fraction of sp³-hybridized carbons (Fsp3) is 0.667. The topological polar surface area (TPSA) is 109 Å². The largest absolute Gasteiger partial charge is 0.342 e. The number of fused-ring (bicyclic) bond motifs is 1. The van der Waals surface area contributed by atoms with Crippen LogP contribution in [0.25, 0.3) is 5.65 Å². The van der Waals surface area contributed by atoms with Crippen molar-refractivity contribution in [2.24, 2.45) is 23.0 Å². The molecule has 11 heteroatoms. The Kier molecular flexibility index (Phi) is 5.78. The number of carbonyl (C=O) groups is 1. The van der Waals surface area contributed by atoms with Crippen molar-refractivity contribution < 1.29 is 22.4 Å². The van der Waals surface area contributed by atoms with E-state index in [1.165, 1.54) is 10.7 Å². The van der Waals surface area contributed by atoms with Crippen LogP contribution in [0.15, 0.2) is 18.5 Å². The molecule has 3 aliphatic rings. The van der Waals surface area contributed by atoms with E-state index in [1.54, 1.807) is 12.3 Å². The van der Waals surface area contributed by atoms with Crippen molar-refractivity contribution in [2.75, 3.05) is 0 Å². The highest BCUT2D eigenvalue weighted by Crippen LogP contribution is 2.54. The van der Waals surface area contributed by atoms with Crippen LogP contribution in [-0.4, -0.2) is 32.4 Å². The van der Waals surface area contributed by atoms with E-state index in [1.807, 2.05) is 0 Å². The van der Waals surface area contributed by atoms with Crippen LogP contribution in [0, 0.1) is 28.6 Å². The maximum atomic E-state index is 14.5. The van der Waals surface area contributed by atoms with E-state index in [4.69, 9.17) is 5.73 Å². The Bertz CT molecular complexity index is 1160. The first-order valence-electron chi connectivity index (χ1n) is 12.1. The highest BCUT2D eigenvalue weighted by atomic mass is 19.3. The minimum Gasteiger partial charge on any atom is -0.342 e. The number of alkyl halides is 4. The summed E-state index contributed by atoms with van der Waals surface area (Å²) in [6, 6.07) is 2.31. The van der Waals surface area contributed by atoms with E-state index in [2.05, 4.69) is 21.5 Å². The summed E-state index contributed by atoms with van der Waals surface area (Å²) in [5, 5.41) is 16.5. The molecular weight excluding hydrogens is 464 g/mol. The molecule has 0 spiro atoms. The third-order valence-electron chi connectivity index (χ3n) is 7.72. The molecule has 3 saturated carbocycles. The third kappa shape index (κ3) is 4.85. The molecule has 0 aliphatic heterocycles. The SMILES string of the molecule is N#CC1([C@H](NC(=O)C(F)(F)CC2CC2)c2cnn3cc([C@@H](N)C4CCC(F)(F)CC4)nc3c2)CC1. The molecular formula is C24H28F4N6O. The highest BCUT2D eigenvalue weighted by molar-refractivity contribution is 5.84. The van der Waals surface area contributed by atoms with Gasteiger partial charge in [0.15, 0.2) is 5.65 Å². The minimum absolute atomic E-state index is 0.131. The van der Waals surface area contributed by atoms with Gasteiger partial charge in [-0.3, -0.25) is 4.79 Å². The lowest BCUT2D eigenvalue weighted by molar-refractivity contribution is -0.148. The summed E-state index contributed by atoms with van der Waals surface area (Å²) < 4.78 is 57.5. The number of rotatable bonds is 8. The fourth-order valence-corrected chi connectivity index (χ4v) is 5.05. The summed E-state index contributed by atoms with van der Waals surface area (Å²) in [5.41, 5.74) is 6.68. The molecule has 0 radical (unpaired) electrons. The van der Waals surface area contributed by atoms with Crippen molar-refractivity contribution in [3.05, 3.63) is 29.7 Å². The predicted molar refractivity (Wildman–Crippen MR) is 117 cm³/mol. The van der Waals surface area contributed by atoms with Crippen molar-refractivity contribution in [3.63, 3.8) is 0 Å². The van der Waals surface area contributed by atoms with Crippen LogP contribution in [-0.2, 0) is 4.79 Å². The van der Waals surface area contributed by atoms with Gasteiger partial charge in [0.2, 0.25) is 5.92 Å². The lowest BCUT2D eigenvalue weighted by Gasteiger charge is -2.31. The van der Waals surface area contributed by atoms with Gasteiger partial charge in [-0.2, -0.15) is 19.1 Å². The van der Waals surface area contributed by atoms with Gasteiger partial charge >= 0.3 is 5.92 Å². The van der Waals surface area contributed by atoms with Gasteiger partial charge < -0.3 is 11.1 Å². The van der Waals surface area contributed by atoms with Gasteiger partial charge in [0.25, 0.3) is 5.91 Å². The Morgan fingerprint density at radius 1 is 1.26 bits per heavy atom. The smallest absolute Gasteiger partial charge is 0.324 e. The van der Waals surface area contributed by atoms with Crippen LogP contribution >= 0.6 is 0 Å². The standard InChI is InChI=1S/C24H28F4N6O/c25-23(26)5-3-15(4-6-23)19(30)17-12-34-18(32-17)9-16(11-31-34)20(22(13-29)7-8-22)33-21(35)24(27,28)10-14-1-2-14/h9,11-12,14-15,19-20H,1-8,10,30H2,(H,33,35)/t19-,20+/m0/s1. The van der Waals surface area contributed by atoms with Crippen molar-refractivity contribution in [1.29, 1.82) is 5.26 Å². The Hall–Kier alpha value is -2.74. The number of nitriles is 1. The third-order valence-corrected chi connectivity index (χ3v) is 7.72. The van der Waals surface area contributed by atoms with Crippen molar-refractivity contribution in [2.45, 2.75) is 81.7 Å². The summed E-state index contributed by atoms with van der Waals surface area (Å²) in [7, 11) is 0. The normalized spacial score (nSPS) is 23.4. The van der Waals surface area contributed by atoms with Crippen molar-refractivity contribution in [1.82, 2.24) is 19.9 Å². The van der Waals surface area contributed by atoms with E-state index in [-0.39, 0.29) is 24.7 Å². The number of nitrogens with two attached hydrogens (primary N) is 1. The molecule has 0 saturated heterocycles. The zero-order valence-electron chi connectivity index (χ0n) is 19.2. The van der Waals surface area contributed by atoms with Gasteiger partial charge in [-0.15, -0.1) is 0 Å². The second-order valence-electron chi connectivity index (χ2n) is 10.5. The van der Waals surface area contributed by atoms with Gasteiger partial charge in [-0.1, -0.05) is 0 Å². The second kappa shape index (κ2) is 8.43. The Balaban J connectivity index is 1.38. The quantitative estimate of drug-likeness (QED) is 0.529. The lowest BCUT2D eigenvalue weighted by Crippen LogP contribution is -2.44. The molecule has 7 nitrogen and oxygen atoms in total. The highest BCUT2D eigenvalue weighted by Gasteiger charge is 2.54. The summed E-state index contributed by atoms with van der Waals surface area (Å²) >= 11 is 0. The zero-order valence-corrected chi connectivity index (χ0v) is 19.2. The molecule has 2 aromatic rings. The molecule has 2 atom stereocenters. The Morgan fingerprint density at radius 2 is 1.94 bits per heavy atom. The number of halogens is 4. The Morgan fingerprint density at radius 3 is 2.54 bits per heavy atom. The van der Waals surface area contributed by atoms with Crippen molar-refractivity contribution in [3.8, 4) is 6.07 Å². The number of aromatic nitrogens is 3. The number of imidazole rings is 1. The van der Waals surface area contributed by atoms with Crippen LogP contribution in [0.4, 0.5) is 17.6 Å². The molecule has 1 amide bonds. The number of nitrogens with zero attached hydrogens (tertiary/aromatic N) is 4. The molecule has 3 N–H and O–H groups in total. The maximum absolute atomic E-state index is 14.5. The van der Waals surface area contributed by atoms with E-state index < -0.39 is 41.7 Å². The first kappa shape index (κ1) is 24.0. The maximum Gasteiger partial charge on any atom is 0.324 e. The molecule has 3 aliphatic carbocycles. The first-order valence-corrected chi connectivity index (χ1v) is 12.1. The average Bonchev–Trinajstić information content (AvgIpc) is 3.74. The van der Waals surface area contributed by atoms with E-state index in [0.29, 0.717) is 55.4 Å². The molecule has 0 aromatic carbocycles. The van der Waals surface area contributed by atoms with Gasteiger partial charge in [0, 0.05) is 19.3 Å². The van der Waals surface area contributed by atoms with Gasteiger partial charge in [-0.05, 0) is 62.0 Å². The number of nitrogens with one attached hydrogen (secondary N) is 1.